The maximum Gasteiger partial charge on any atom is 0.339 e. The molecule has 0 saturated carbocycles. The van der Waals surface area contributed by atoms with Crippen LogP contribution in [0.1, 0.15) is 34.3 Å². The molecule has 1 heterocycles. The fourth-order valence-corrected chi connectivity index (χ4v) is 4.17. The van der Waals surface area contributed by atoms with Gasteiger partial charge in [-0.15, -0.1) is 0 Å². The van der Waals surface area contributed by atoms with Crippen LogP contribution in [0.25, 0.3) is 0 Å². The van der Waals surface area contributed by atoms with Gasteiger partial charge < -0.3 is 14.2 Å². The molecule has 1 unspecified atom stereocenters. The molecule has 1 atom stereocenters. The van der Waals surface area contributed by atoms with Crippen molar-refractivity contribution in [2.75, 3.05) is 13.2 Å². The predicted octanol–water partition coefficient (Wildman–Crippen LogP) is 2.98. The minimum Gasteiger partial charge on any atom is -0.379 e. The number of ether oxygens (including phenoxy) is 1. The fraction of sp³-hybridized carbons (Fsp3) is 0.350. The van der Waals surface area contributed by atoms with E-state index in [0.29, 0.717) is 17.7 Å². The minimum absolute atomic E-state index is 0.0688. The SMILES string of the molecule is Cc1ccc(C)c(S(=O)(=O)Oc2ccc(C(=O)NCC3CCCO3)cc2)c1. The highest BCUT2D eigenvalue weighted by atomic mass is 32.2. The van der Waals surface area contributed by atoms with Crippen LogP contribution in [0.4, 0.5) is 0 Å². The number of amides is 1. The third-order valence-electron chi connectivity index (χ3n) is 4.45. The Morgan fingerprint density at radius 3 is 2.59 bits per heavy atom. The molecule has 7 heteroatoms. The largest absolute Gasteiger partial charge is 0.379 e. The zero-order valence-electron chi connectivity index (χ0n) is 15.4. The van der Waals surface area contributed by atoms with E-state index in [1.165, 1.54) is 12.1 Å². The molecule has 1 aliphatic rings. The summed E-state index contributed by atoms with van der Waals surface area (Å²) < 4.78 is 35.7. The van der Waals surface area contributed by atoms with Crippen molar-refractivity contribution in [3.63, 3.8) is 0 Å². The van der Waals surface area contributed by atoms with Gasteiger partial charge in [0.1, 0.15) is 10.6 Å². The number of hydrogen-bond donors (Lipinski definition) is 1. The van der Waals surface area contributed by atoms with Gasteiger partial charge in [0.15, 0.2) is 0 Å². The maximum absolute atomic E-state index is 12.5. The molecule has 144 valence electrons. The van der Waals surface area contributed by atoms with E-state index < -0.39 is 10.1 Å². The molecule has 0 spiro atoms. The van der Waals surface area contributed by atoms with Crippen LogP contribution < -0.4 is 9.50 Å². The molecule has 0 aliphatic carbocycles. The van der Waals surface area contributed by atoms with Crippen LogP contribution in [0.3, 0.4) is 0 Å². The second-order valence-electron chi connectivity index (χ2n) is 6.68. The van der Waals surface area contributed by atoms with Gasteiger partial charge in [0, 0.05) is 18.7 Å². The van der Waals surface area contributed by atoms with E-state index >= 15 is 0 Å². The van der Waals surface area contributed by atoms with E-state index in [1.54, 1.807) is 31.2 Å². The first-order chi connectivity index (χ1) is 12.8. The van der Waals surface area contributed by atoms with Crippen molar-refractivity contribution in [3.05, 3.63) is 59.2 Å². The lowest BCUT2D eigenvalue weighted by molar-refractivity contribution is 0.0858. The Morgan fingerprint density at radius 2 is 1.93 bits per heavy atom. The predicted molar refractivity (Wildman–Crippen MR) is 101 cm³/mol. The van der Waals surface area contributed by atoms with Crippen LogP contribution in [0, 0.1) is 13.8 Å². The van der Waals surface area contributed by atoms with E-state index in [0.717, 1.165) is 25.0 Å². The molecule has 0 bridgehead atoms. The Bertz CT molecular complexity index is 916. The van der Waals surface area contributed by atoms with Gasteiger partial charge in [-0.25, -0.2) is 0 Å². The van der Waals surface area contributed by atoms with Gasteiger partial charge in [-0.3, -0.25) is 4.79 Å². The van der Waals surface area contributed by atoms with Crippen molar-refractivity contribution in [3.8, 4) is 5.75 Å². The van der Waals surface area contributed by atoms with Crippen LogP contribution >= 0.6 is 0 Å². The van der Waals surface area contributed by atoms with E-state index in [-0.39, 0.29) is 22.7 Å². The lowest BCUT2D eigenvalue weighted by atomic mass is 10.2. The van der Waals surface area contributed by atoms with Gasteiger partial charge in [-0.2, -0.15) is 8.42 Å². The van der Waals surface area contributed by atoms with Crippen molar-refractivity contribution in [2.24, 2.45) is 0 Å². The van der Waals surface area contributed by atoms with Gasteiger partial charge in [0.05, 0.1) is 6.10 Å². The Labute approximate surface area is 159 Å². The summed E-state index contributed by atoms with van der Waals surface area (Å²) >= 11 is 0. The van der Waals surface area contributed by atoms with Gasteiger partial charge in [-0.05, 0) is 68.1 Å². The van der Waals surface area contributed by atoms with Crippen molar-refractivity contribution < 1.29 is 22.1 Å². The van der Waals surface area contributed by atoms with Crippen LogP contribution in [0.15, 0.2) is 47.4 Å². The van der Waals surface area contributed by atoms with E-state index in [2.05, 4.69) is 5.32 Å². The van der Waals surface area contributed by atoms with Crippen molar-refractivity contribution in [1.29, 1.82) is 0 Å². The first-order valence-corrected chi connectivity index (χ1v) is 10.3. The Kier molecular flexibility index (Phi) is 5.82. The van der Waals surface area contributed by atoms with Crippen molar-refractivity contribution in [2.45, 2.75) is 37.7 Å². The highest BCUT2D eigenvalue weighted by molar-refractivity contribution is 7.87. The molecule has 6 nitrogen and oxygen atoms in total. The zero-order valence-corrected chi connectivity index (χ0v) is 16.2. The van der Waals surface area contributed by atoms with Crippen LogP contribution in [0.2, 0.25) is 0 Å². The standard InChI is InChI=1S/C20H23NO5S/c1-14-5-6-15(2)19(12-14)27(23,24)26-17-9-7-16(8-10-17)20(22)21-13-18-4-3-11-25-18/h5-10,12,18H,3-4,11,13H2,1-2H3,(H,21,22). The van der Waals surface area contributed by atoms with Gasteiger partial charge >= 0.3 is 10.1 Å². The van der Waals surface area contributed by atoms with Gasteiger partial charge in [0.25, 0.3) is 5.91 Å². The topological polar surface area (TPSA) is 81.7 Å². The van der Waals surface area contributed by atoms with Gasteiger partial charge in [-0.1, -0.05) is 12.1 Å². The number of benzene rings is 2. The molecule has 27 heavy (non-hydrogen) atoms. The Balaban J connectivity index is 1.66. The molecule has 0 radical (unpaired) electrons. The second kappa shape index (κ2) is 8.10. The van der Waals surface area contributed by atoms with Gasteiger partial charge in [0.2, 0.25) is 0 Å². The van der Waals surface area contributed by atoms with Crippen molar-refractivity contribution in [1.82, 2.24) is 5.32 Å². The first-order valence-electron chi connectivity index (χ1n) is 8.87. The van der Waals surface area contributed by atoms with Crippen LogP contribution in [-0.4, -0.2) is 33.6 Å². The molecular formula is C20H23NO5S. The summed E-state index contributed by atoms with van der Waals surface area (Å²) in [6.45, 7) is 4.75. The molecular weight excluding hydrogens is 366 g/mol. The Hall–Kier alpha value is -2.38. The average Bonchev–Trinajstić information content (AvgIpc) is 3.15. The second-order valence-corrected chi connectivity index (χ2v) is 8.19. The molecule has 1 amide bonds. The molecule has 1 aliphatic heterocycles. The summed E-state index contributed by atoms with van der Waals surface area (Å²) in [6, 6.07) is 11.2. The van der Waals surface area contributed by atoms with Crippen molar-refractivity contribution >= 4 is 16.0 Å². The summed E-state index contributed by atoms with van der Waals surface area (Å²) in [5.74, 6) is -0.0685. The van der Waals surface area contributed by atoms with E-state index in [9.17, 15) is 13.2 Å². The first kappa shape index (κ1) is 19.4. The molecule has 0 aromatic heterocycles. The third-order valence-corrected chi connectivity index (χ3v) is 5.84. The third kappa shape index (κ3) is 4.87. The molecule has 3 rings (SSSR count). The number of nitrogens with one attached hydrogen (secondary N) is 1. The quantitative estimate of drug-likeness (QED) is 0.768. The van der Waals surface area contributed by atoms with E-state index in [4.69, 9.17) is 8.92 Å². The smallest absolute Gasteiger partial charge is 0.339 e. The van der Waals surface area contributed by atoms with Crippen LogP contribution in [-0.2, 0) is 14.9 Å². The Morgan fingerprint density at radius 1 is 1.19 bits per heavy atom. The monoisotopic (exact) mass is 389 g/mol. The molecule has 1 N–H and O–H groups in total. The molecule has 2 aromatic rings. The molecule has 2 aromatic carbocycles. The summed E-state index contributed by atoms with van der Waals surface area (Å²) in [5, 5.41) is 2.83. The molecule has 1 saturated heterocycles. The number of rotatable bonds is 6. The lowest BCUT2D eigenvalue weighted by Crippen LogP contribution is -2.31. The maximum atomic E-state index is 12.5. The average molecular weight is 389 g/mol. The lowest BCUT2D eigenvalue weighted by Gasteiger charge is -2.12. The summed E-state index contributed by atoms with van der Waals surface area (Å²) in [6.07, 6.45) is 2.03. The number of carbonyl (C=O) groups excluding carboxylic acids is 1. The van der Waals surface area contributed by atoms with E-state index in [1.807, 2.05) is 13.0 Å². The fourth-order valence-electron chi connectivity index (χ4n) is 2.92. The highest BCUT2D eigenvalue weighted by Gasteiger charge is 2.20. The number of hydrogen-bond acceptors (Lipinski definition) is 5. The summed E-state index contributed by atoms with van der Waals surface area (Å²) in [4.78, 5) is 12.3. The number of carbonyl (C=O) groups is 1. The number of aryl methyl sites for hydroxylation is 2. The van der Waals surface area contributed by atoms with Crippen LogP contribution in [0.5, 0.6) is 5.75 Å². The normalized spacial score (nSPS) is 16.9. The zero-order chi connectivity index (χ0) is 19.4. The minimum atomic E-state index is -3.94. The molecule has 1 fully saturated rings. The highest BCUT2D eigenvalue weighted by Crippen LogP contribution is 2.22. The summed E-state index contributed by atoms with van der Waals surface area (Å²) in [7, 11) is -3.94. The summed E-state index contributed by atoms with van der Waals surface area (Å²) in [5.41, 5.74) is 1.89.